The minimum Gasteiger partial charge on any atom is -1.00 e. The molecule has 4 aromatic carbocycles. The summed E-state index contributed by atoms with van der Waals surface area (Å²) in [5.74, 6) is 0. The third-order valence-corrected chi connectivity index (χ3v) is 33.1. The van der Waals surface area contributed by atoms with Crippen molar-refractivity contribution in [3.05, 3.63) is 73.8 Å². The molecule has 0 N–H and O–H groups in total. The molecule has 11 heteroatoms. The van der Waals surface area contributed by atoms with E-state index in [9.17, 15) is 0 Å². The van der Waals surface area contributed by atoms with Gasteiger partial charge in [0.1, 0.15) is 0 Å². The Balaban J connectivity index is 0.00000930. The van der Waals surface area contributed by atoms with Gasteiger partial charge in [-0.15, -0.1) is 0 Å². The van der Waals surface area contributed by atoms with Gasteiger partial charge in [0.25, 0.3) is 0 Å². The molecule has 0 aliphatic carbocycles. The monoisotopic (exact) mass is 1050 g/mol. The molecule has 62 heavy (non-hydrogen) atoms. The van der Waals surface area contributed by atoms with E-state index >= 15 is 0 Å². The first kappa shape index (κ1) is 62.1. The van der Waals surface area contributed by atoms with Gasteiger partial charge in [0.15, 0.2) is 8.07 Å². The minimum atomic E-state index is -3.19. The van der Waals surface area contributed by atoms with Crippen molar-refractivity contribution in [1.29, 1.82) is 0 Å². The summed E-state index contributed by atoms with van der Waals surface area (Å²) in [5, 5.41) is 17.4. The molecule has 0 saturated carbocycles. The summed E-state index contributed by atoms with van der Waals surface area (Å²) in [7, 11) is -14.5. The molecule has 0 aromatic heterocycles. The fourth-order valence-corrected chi connectivity index (χ4v) is 35.2. The smallest absolute Gasteiger partial charge is 1.00 e. The maximum absolute atomic E-state index is 3.19. The molecule has 0 fully saturated rings. The van der Waals surface area contributed by atoms with Gasteiger partial charge in [-0.3, -0.25) is 0 Å². The van der Waals surface area contributed by atoms with Crippen LogP contribution in [0.5, 0.6) is 0 Å². The molecule has 0 aliphatic rings. The molecule has 0 nitrogen and oxygen atoms in total. The van der Waals surface area contributed by atoms with Crippen LogP contribution in [0.25, 0.3) is 0 Å². The summed E-state index contributed by atoms with van der Waals surface area (Å²) < 4.78 is 0. The van der Waals surface area contributed by atoms with Gasteiger partial charge >= 0.3 is 21.7 Å². The molecule has 344 valence electrons. The molecule has 0 bridgehead atoms. The molecular formula is C51H87Cl3Si7Ti. The molecule has 0 spiro atoms. The second-order valence-corrected chi connectivity index (χ2v) is 58.6. The predicted molar refractivity (Wildman–Crippen MR) is 291 cm³/mol. The second-order valence-electron chi connectivity index (χ2n) is 24.9. The van der Waals surface area contributed by atoms with Crippen LogP contribution in [0.4, 0.5) is 0 Å². The summed E-state index contributed by atoms with van der Waals surface area (Å²) in [4.78, 5) is 0. The summed E-state index contributed by atoms with van der Waals surface area (Å²) in [5.41, 5.74) is 15.7. The van der Waals surface area contributed by atoms with Crippen molar-refractivity contribution in [1.82, 2.24) is 0 Å². The van der Waals surface area contributed by atoms with Crippen LogP contribution in [-0.4, -0.2) is 56.5 Å². The first-order valence-corrected chi connectivity index (χ1v) is 45.5. The quantitative estimate of drug-likeness (QED) is 0.121. The summed E-state index contributed by atoms with van der Waals surface area (Å²) in [6.45, 7) is 72.7. The van der Waals surface area contributed by atoms with Gasteiger partial charge in [-0.25, -0.2) is 0 Å². The molecule has 0 atom stereocenters. The van der Waals surface area contributed by atoms with Gasteiger partial charge in [-0.2, -0.15) is 27.4 Å². The van der Waals surface area contributed by atoms with Crippen molar-refractivity contribution in [2.24, 2.45) is 0 Å². The van der Waals surface area contributed by atoms with Crippen molar-refractivity contribution in [2.45, 2.75) is 187 Å². The first-order valence-electron chi connectivity index (χ1n) is 22.5. The van der Waals surface area contributed by atoms with Crippen molar-refractivity contribution in [3.8, 4) is 0 Å². The van der Waals surface area contributed by atoms with Crippen molar-refractivity contribution >= 4 is 108 Å². The second kappa shape index (κ2) is 20.0. The van der Waals surface area contributed by atoms with Crippen LogP contribution in [0.1, 0.15) is 55.6 Å². The molecule has 4 rings (SSSR count). The average Bonchev–Trinajstić information content (AvgIpc) is 3.20. The van der Waals surface area contributed by atoms with E-state index < -0.39 is 56.5 Å². The van der Waals surface area contributed by atoms with E-state index in [4.69, 9.17) is 0 Å². The third-order valence-electron chi connectivity index (χ3n) is 14.4. The van der Waals surface area contributed by atoms with Crippen LogP contribution in [-0.2, 0) is 21.7 Å². The Labute approximate surface area is 424 Å². The summed E-state index contributed by atoms with van der Waals surface area (Å²) in [6, 6.07) is 8.83. The van der Waals surface area contributed by atoms with E-state index in [2.05, 4.69) is 205 Å². The molecule has 0 saturated heterocycles. The Morgan fingerprint density at radius 1 is 0.306 bits per heavy atom. The van der Waals surface area contributed by atoms with Gasteiger partial charge in [0.2, 0.25) is 0 Å². The first-order chi connectivity index (χ1) is 25.8. The predicted octanol–water partition coefficient (Wildman–Crippen LogP) is 0.148. The maximum atomic E-state index is 2.94. The Morgan fingerprint density at radius 2 is 0.532 bits per heavy atom. The number of hydrogen-bond donors (Lipinski definition) is 0. The summed E-state index contributed by atoms with van der Waals surface area (Å²) in [6.07, 6.45) is 0. The zero-order chi connectivity index (χ0) is 45.2. The van der Waals surface area contributed by atoms with Crippen LogP contribution >= 0.6 is 0 Å². The maximum Gasteiger partial charge on any atom is 4.00 e. The Kier molecular flexibility index (Phi) is 20.0. The van der Waals surface area contributed by atoms with E-state index in [0.29, 0.717) is 0 Å². The SMILES string of the molecule is Cc1c([Si](C)(C)C)cc([Si](c2cc([Si](C)(C)C)c(C)c(C)c2[Si](C)(C)C)(c2cc([Si](C)(C)C)c(C)c(C)c2[Si](C)(C)C)c2c(C)c(C)c(C)[c-]2C)c([Si](C)(C)C)c1C.[Cl-].[Cl-].[Cl-].[Ti+4]. The van der Waals surface area contributed by atoms with Crippen LogP contribution in [0.15, 0.2) is 18.2 Å². The summed E-state index contributed by atoms with van der Waals surface area (Å²) >= 11 is 0. The zero-order valence-corrected chi connectivity index (χ0v) is 55.7. The van der Waals surface area contributed by atoms with Crippen LogP contribution in [0.2, 0.25) is 118 Å². The zero-order valence-electron chi connectivity index (χ0n) is 44.9. The van der Waals surface area contributed by atoms with Gasteiger partial charge < -0.3 is 37.2 Å². The number of rotatable bonds is 10. The van der Waals surface area contributed by atoms with E-state index in [1.54, 1.807) is 96.4 Å². The molecule has 0 radical (unpaired) electrons. The Bertz CT molecular complexity index is 2060. The van der Waals surface area contributed by atoms with Crippen molar-refractivity contribution in [3.63, 3.8) is 0 Å². The van der Waals surface area contributed by atoms with Gasteiger partial charge in [0, 0.05) is 0 Å². The topological polar surface area (TPSA) is 0 Å². The van der Waals surface area contributed by atoms with E-state index in [-0.39, 0.29) is 58.9 Å². The Morgan fingerprint density at radius 3 is 0.694 bits per heavy atom. The normalized spacial score (nSPS) is 13.0. The number of benzene rings is 3. The fourth-order valence-electron chi connectivity index (χ4n) is 11.5. The van der Waals surface area contributed by atoms with E-state index in [1.807, 2.05) is 0 Å². The number of hydrogen-bond acceptors (Lipinski definition) is 0. The van der Waals surface area contributed by atoms with Crippen molar-refractivity contribution < 1.29 is 58.9 Å². The minimum absolute atomic E-state index is 0. The fraction of sp³-hybridized carbons (Fsp3) is 0.549. The third kappa shape index (κ3) is 10.7. The van der Waals surface area contributed by atoms with E-state index in [0.717, 1.165) is 0 Å². The molecule has 0 heterocycles. The largest absolute Gasteiger partial charge is 4.00 e. The van der Waals surface area contributed by atoms with Gasteiger partial charge in [-0.05, 0) is 90.5 Å². The van der Waals surface area contributed by atoms with Crippen LogP contribution < -0.4 is 89.1 Å². The Hall–Kier alpha value is 0.112. The molecule has 4 aromatic rings. The van der Waals surface area contributed by atoms with Crippen LogP contribution in [0.3, 0.4) is 0 Å². The average molecular weight is 1050 g/mol. The molecular weight excluding hydrogens is 963 g/mol. The number of halogens is 3. The van der Waals surface area contributed by atoms with Crippen LogP contribution in [0, 0.1) is 69.2 Å². The van der Waals surface area contributed by atoms with Gasteiger partial charge in [0.05, 0.1) is 48.4 Å². The van der Waals surface area contributed by atoms with Crippen molar-refractivity contribution in [2.75, 3.05) is 0 Å². The van der Waals surface area contributed by atoms with Gasteiger partial charge in [-0.1, -0.05) is 195 Å². The molecule has 0 amide bonds. The molecule has 0 unspecified atom stereocenters. The van der Waals surface area contributed by atoms with E-state index in [1.165, 1.54) is 11.1 Å². The standard InChI is InChI=1S/C51H87Si7.3ClH.Ti/c1-32-33(2)38(7)48(37(32)6)58(45-29-42(52(11,12)13)34(3)39(8)49(45)55(20,21)22,46-30-43(53(14,15)16)35(4)40(9)50(46)56(23,24)25)47-31-44(54(17,18)19)36(5)41(10)51(47)57(26,27)28;;;;/h29-31H,1-28H3;3*1H;/q-1;;;;+4/p-3. The molecule has 0 aliphatic heterocycles.